The molecule has 0 bridgehead atoms. The van der Waals surface area contributed by atoms with Crippen LogP contribution in [0, 0.1) is 0 Å². The van der Waals surface area contributed by atoms with E-state index in [0.717, 1.165) is 40.8 Å². The van der Waals surface area contributed by atoms with Crippen LogP contribution in [0.4, 0.5) is 0 Å². The minimum atomic E-state index is -0.692. The molecule has 1 amide bonds. The van der Waals surface area contributed by atoms with Gasteiger partial charge in [-0.1, -0.05) is 31.2 Å². The highest BCUT2D eigenvalue weighted by Gasteiger charge is 2.46. The Kier molecular flexibility index (Phi) is 5.65. The third-order valence-corrected chi connectivity index (χ3v) is 6.52. The van der Waals surface area contributed by atoms with Crippen LogP contribution in [-0.4, -0.2) is 32.8 Å². The van der Waals surface area contributed by atoms with Crippen LogP contribution in [0.3, 0.4) is 0 Å². The molecule has 0 radical (unpaired) electrons. The molecular formula is C28H26N2O4. The van der Waals surface area contributed by atoms with E-state index in [4.69, 9.17) is 4.74 Å². The molecule has 34 heavy (non-hydrogen) atoms. The number of aliphatic hydroxyl groups excluding tert-OH is 1. The van der Waals surface area contributed by atoms with Crippen LogP contribution in [0.15, 0.2) is 72.6 Å². The largest absolute Gasteiger partial charge is 0.507 e. The van der Waals surface area contributed by atoms with Gasteiger partial charge in [0.1, 0.15) is 17.6 Å². The van der Waals surface area contributed by atoms with Crippen LogP contribution in [0.5, 0.6) is 5.75 Å². The number of carbonyl (C=O) groups is 2. The van der Waals surface area contributed by atoms with Gasteiger partial charge in [-0.15, -0.1) is 0 Å². The molecule has 0 aliphatic carbocycles. The molecule has 2 unspecified atom stereocenters. The number of amides is 1. The Morgan fingerprint density at radius 2 is 1.79 bits per heavy atom. The van der Waals surface area contributed by atoms with Crippen LogP contribution >= 0.6 is 0 Å². The first-order valence-electron chi connectivity index (χ1n) is 11.5. The number of hydrogen-bond donors (Lipinski definition) is 1. The Morgan fingerprint density at radius 1 is 1.06 bits per heavy atom. The third-order valence-electron chi connectivity index (χ3n) is 6.52. The molecule has 172 valence electrons. The molecule has 0 saturated carbocycles. The van der Waals surface area contributed by atoms with Crippen molar-refractivity contribution in [3.05, 3.63) is 100 Å². The van der Waals surface area contributed by atoms with Crippen molar-refractivity contribution in [2.45, 2.75) is 45.4 Å². The van der Waals surface area contributed by atoms with Gasteiger partial charge in [0.25, 0.3) is 11.7 Å². The van der Waals surface area contributed by atoms with Crippen molar-refractivity contribution in [2.24, 2.45) is 0 Å². The smallest absolute Gasteiger partial charge is 0.295 e. The number of Topliss-reactive ketones (excluding diaryl/α,β-unsaturated/α-hetero) is 1. The van der Waals surface area contributed by atoms with Crippen molar-refractivity contribution in [3.8, 4) is 5.75 Å². The summed E-state index contributed by atoms with van der Waals surface area (Å²) in [5.41, 5.74) is 4.39. The summed E-state index contributed by atoms with van der Waals surface area (Å²) in [5.74, 6) is -0.682. The predicted octanol–water partition coefficient (Wildman–Crippen LogP) is 4.59. The number of fused-ring (bicyclic) bond motifs is 1. The number of hydrogen-bond acceptors (Lipinski definition) is 5. The Bertz CT molecular complexity index is 1280. The van der Waals surface area contributed by atoms with Gasteiger partial charge < -0.3 is 14.7 Å². The van der Waals surface area contributed by atoms with Crippen molar-refractivity contribution in [2.75, 3.05) is 0 Å². The summed E-state index contributed by atoms with van der Waals surface area (Å²) in [5, 5.41) is 11.4. The van der Waals surface area contributed by atoms with E-state index in [-0.39, 0.29) is 24.0 Å². The van der Waals surface area contributed by atoms with Gasteiger partial charge in [-0.05, 0) is 65.9 Å². The number of aliphatic hydroxyl groups is 1. The molecule has 5 rings (SSSR count). The standard InChI is InChI=1S/C28H26N2O4/c1-3-18-4-6-20(7-5-18)25-24(26(31)21-8-9-23-22(15-21)14-17(2)34-23)27(32)28(33)30(25)16-19-10-12-29-13-11-19/h4-13,15,17,25,31H,3,14,16H2,1-2H3. The summed E-state index contributed by atoms with van der Waals surface area (Å²) >= 11 is 0. The van der Waals surface area contributed by atoms with Crippen molar-refractivity contribution in [1.29, 1.82) is 0 Å². The highest BCUT2D eigenvalue weighted by atomic mass is 16.5. The zero-order valence-corrected chi connectivity index (χ0v) is 19.2. The molecule has 6 nitrogen and oxygen atoms in total. The number of likely N-dealkylation sites (tertiary alicyclic amines) is 1. The molecule has 2 aliphatic rings. The number of aryl methyl sites for hydroxylation is 1. The zero-order chi connectivity index (χ0) is 23.8. The maximum absolute atomic E-state index is 13.3. The van der Waals surface area contributed by atoms with Gasteiger partial charge in [-0.25, -0.2) is 0 Å². The number of rotatable bonds is 5. The summed E-state index contributed by atoms with van der Waals surface area (Å²) in [6, 6.07) is 16.2. The van der Waals surface area contributed by atoms with Gasteiger partial charge in [-0.2, -0.15) is 0 Å². The van der Waals surface area contributed by atoms with Crippen molar-refractivity contribution in [3.63, 3.8) is 0 Å². The normalized spacial score (nSPS) is 20.9. The number of ether oxygens (including phenoxy) is 1. The molecule has 3 heterocycles. The van der Waals surface area contributed by atoms with E-state index < -0.39 is 17.7 Å². The fraction of sp³-hybridized carbons (Fsp3) is 0.250. The average molecular weight is 455 g/mol. The van der Waals surface area contributed by atoms with Crippen molar-refractivity contribution in [1.82, 2.24) is 9.88 Å². The molecule has 1 N–H and O–H groups in total. The summed E-state index contributed by atoms with van der Waals surface area (Å²) in [7, 11) is 0. The molecule has 2 aromatic carbocycles. The minimum absolute atomic E-state index is 0.0652. The molecule has 1 aromatic heterocycles. The summed E-state index contributed by atoms with van der Waals surface area (Å²) in [6.07, 6.45) is 4.99. The summed E-state index contributed by atoms with van der Waals surface area (Å²) in [6.45, 7) is 4.30. The Morgan fingerprint density at radius 3 is 2.50 bits per heavy atom. The topological polar surface area (TPSA) is 79.7 Å². The van der Waals surface area contributed by atoms with Gasteiger partial charge in [0.05, 0.1) is 11.6 Å². The highest BCUT2D eigenvalue weighted by molar-refractivity contribution is 6.46. The first-order valence-corrected chi connectivity index (χ1v) is 11.5. The number of carbonyl (C=O) groups excluding carboxylic acids is 2. The second kappa shape index (κ2) is 8.78. The van der Waals surface area contributed by atoms with Gasteiger partial charge in [0.15, 0.2) is 0 Å². The summed E-state index contributed by atoms with van der Waals surface area (Å²) < 4.78 is 5.77. The van der Waals surface area contributed by atoms with E-state index >= 15 is 0 Å². The molecule has 0 spiro atoms. The van der Waals surface area contributed by atoms with Gasteiger partial charge >= 0.3 is 0 Å². The van der Waals surface area contributed by atoms with E-state index in [1.807, 2.05) is 55.5 Å². The molecule has 1 fully saturated rings. The van der Waals surface area contributed by atoms with Gasteiger partial charge in [0.2, 0.25) is 0 Å². The Balaban J connectivity index is 1.62. The fourth-order valence-corrected chi connectivity index (χ4v) is 4.74. The lowest BCUT2D eigenvalue weighted by molar-refractivity contribution is -0.140. The quantitative estimate of drug-likeness (QED) is 0.347. The highest BCUT2D eigenvalue weighted by Crippen LogP contribution is 2.41. The van der Waals surface area contributed by atoms with Gasteiger partial charge in [0, 0.05) is 30.9 Å². The Hall–Kier alpha value is -3.93. The van der Waals surface area contributed by atoms with Crippen LogP contribution in [0.25, 0.3) is 5.76 Å². The lowest BCUT2D eigenvalue weighted by Crippen LogP contribution is -2.29. The second-order valence-corrected chi connectivity index (χ2v) is 8.83. The van der Waals surface area contributed by atoms with Crippen LogP contribution < -0.4 is 4.74 Å². The van der Waals surface area contributed by atoms with Gasteiger partial charge in [-0.3, -0.25) is 14.6 Å². The molecular weight excluding hydrogens is 428 g/mol. The van der Waals surface area contributed by atoms with Crippen molar-refractivity contribution < 1.29 is 19.4 Å². The fourth-order valence-electron chi connectivity index (χ4n) is 4.74. The summed E-state index contributed by atoms with van der Waals surface area (Å²) in [4.78, 5) is 32.0. The van der Waals surface area contributed by atoms with Crippen LogP contribution in [0.2, 0.25) is 0 Å². The molecule has 1 saturated heterocycles. The first-order chi connectivity index (χ1) is 16.5. The second-order valence-electron chi connectivity index (χ2n) is 8.83. The van der Waals surface area contributed by atoms with Crippen LogP contribution in [0.1, 0.15) is 47.7 Å². The number of pyridine rings is 1. The van der Waals surface area contributed by atoms with Crippen molar-refractivity contribution >= 4 is 17.4 Å². The molecule has 2 atom stereocenters. The monoisotopic (exact) mass is 454 g/mol. The zero-order valence-electron chi connectivity index (χ0n) is 19.2. The number of ketones is 1. The van der Waals surface area contributed by atoms with E-state index in [1.165, 1.54) is 4.90 Å². The average Bonchev–Trinajstić information content (AvgIpc) is 3.35. The molecule has 3 aromatic rings. The predicted molar refractivity (Wildman–Crippen MR) is 128 cm³/mol. The number of nitrogens with zero attached hydrogens (tertiary/aromatic N) is 2. The SMILES string of the molecule is CCc1ccc(C2C(=C(O)c3ccc4c(c3)CC(C)O4)C(=O)C(=O)N2Cc2ccncc2)cc1. The van der Waals surface area contributed by atoms with E-state index in [1.54, 1.807) is 18.5 Å². The maximum atomic E-state index is 13.3. The number of aromatic nitrogens is 1. The molecule has 2 aliphatic heterocycles. The maximum Gasteiger partial charge on any atom is 0.295 e. The molecule has 6 heteroatoms. The third kappa shape index (κ3) is 3.85. The van der Waals surface area contributed by atoms with Crippen LogP contribution in [-0.2, 0) is 29.0 Å². The lowest BCUT2D eigenvalue weighted by atomic mass is 9.93. The Labute approximate surface area is 198 Å². The van der Waals surface area contributed by atoms with E-state index in [9.17, 15) is 14.7 Å². The number of benzene rings is 2. The lowest BCUT2D eigenvalue weighted by Gasteiger charge is -2.25. The van der Waals surface area contributed by atoms with E-state index in [0.29, 0.717) is 5.56 Å². The van der Waals surface area contributed by atoms with E-state index in [2.05, 4.69) is 11.9 Å². The first kappa shape index (κ1) is 21.9. The minimum Gasteiger partial charge on any atom is -0.507 e.